The van der Waals surface area contributed by atoms with Gasteiger partial charge in [-0.25, -0.2) is 0 Å². The highest BCUT2D eigenvalue weighted by atomic mass is 14.9. The van der Waals surface area contributed by atoms with Crippen LogP contribution in [0.5, 0.6) is 0 Å². The van der Waals surface area contributed by atoms with Crippen LogP contribution in [0.2, 0.25) is 0 Å². The van der Waals surface area contributed by atoms with Crippen LogP contribution in [-0.4, -0.2) is 12.6 Å². The fourth-order valence-corrected chi connectivity index (χ4v) is 1.25. The van der Waals surface area contributed by atoms with Gasteiger partial charge in [-0.05, 0) is 25.2 Å². The molecule has 0 amide bonds. The van der Waals surface area contributed by atoms with E-state index in [-0.39, 0.29) is 0 Å². The van der Waals surface area contributed by atoms with Gasteiger partial charge in [0.1, 0.15) is 0 Å². The average Bonchev–Trinajstić information content (AvgIpc) is 1.78. The molecule has 1 fully saturated rings. The van der Waals surface area contributed by atoms with Crippen LogP contribution in [0, 0.1) is 5.41 Å². The Morgan fingerprint density at radius 1 is 1.44 bits per heavy atom. The largest absolute Gasteiger partial charge is 0.314 e. The predicted molar refractivity (Wildman–Crippen MR) is 40.5 cm³/mol. The first-order valence-electron chi connectivity index (χ1n) is 3.83. The second-order valence-corrected chi connectivity index (χ2v) is 3.98. The molecule has 1 aliphatic rings. The maximum Gasteiger partial charge on any atom is 0.00391 e. The van der Waals surface area contributed by atoms with E-state index in [4.69, 9.17) is 0 Å². The van der Waals surface area contributed by atoms with E-state index < -0.39 is 0 Å². The van der Waals surface area contributed by atoms with Gasteiger partial charge in [0.05, 0.1) is 0 Å². The van der Waals surface area contributed by atoms with Crippen molar-refractivity contribution in [3.05, 3.63) is 0 Å². The summed E-state index contributed by atoms with van der Waals surface area (Å²) in [6.07, 6.45) is 2.72. The lowest BCUT2D eigenvalue weighted by Gasteiger charge is -2.33. The summed E-state index contributed by atoms with van der Waals surface area (Å²) < 4.78 is 0. The molecule has 0 aromatic carbocycles. The van der Waals surface area contributed by atoms with Crippen molar-refractivity contribution in [1.82, 2.24) is 5.32 Å². The molecule has 1 heterocycles. The van der Waals surface area contributed by atoms with E-state index in [2.05, 4.69) is 26.1 Å². The Morgan fingerprint density at radius 2 is 2.11 bits per heavy atom. The number of nitrogens with one attached hydrogen (secondary N) is 1. The SMILES string of the molecule is C[C@@H]1CCC(C)(C)CN1. The molecule has 1 heteroatoms. The van der Waals surface area contributed by atoms with Crippen LogP contribution < -0.4 is 5.32 Å². The van der Waals surface area contributed by atoms with Crippen molar-refractivity contribution in [2.24, 2.45) is 5.41 Å². The van der Waals surface area contributed by atoms with Gasteiger partial charge in [0.25, 0.3) is 0 Å². The molecular formula is C8H17N. The molecule has 0 saturated carbocycles. The van der Waals surface area contributed by atoms with E-state index >= 15 is 0 Å². The first-order chi connectivity index (χ1) is 4.10. The lowest BCUT2D eigenvalue weighted by Crippen LogP contribution is -2.41. The van der Waals surface area contributed by atoms with Gasteiger partial charge in [0, 0.05) is 12.6 Å². The Hall–Kier alpha value is -0.0400. The predicted octanol–water partition coefficient (Wildman–Crippen LogP) is 1.78. The lowest BCUT2D eigenvalue weighted by atomic mass is 9.83. The summed E-state index contributed by atoms with van der Waals surface area (Å²) in [5.74, 6) is 0. The molecule has 0 unspecified atom stereocenters. The normalized spacial score (nSPS) is 34.3. The zero-order valence-electron chi connectivity index (χ0n) is 6.70. The summed E-state index contributed by atoms with van der Waals surface area (Å²) in [5.41, 5.74) is 0.548. The van der Waals surface area contributed by atoms with Gasteiger partial charge in [-0.2, -0.15) is 0 Å². The van der Waals surface area contributed by atoms with Crippen LogP contribution in [0.1, 0.15) is 33.6 Å². The average molecular weight is 127 g/mol. The van der Waals surface area contributed by atoms with Crippen LogP contribution >= 0.6 is 0 Å². The molecule has 0 aromatic heterocycles. The van der Waals surface area contributed by atoms with Gasteiger partial charge < -0.3 is 5.32 Å². The zero-order valence-corrected chi connectivity index (χ0v) is 6.70. The standard InChI is InChI=1S/C8H17N/c1-7-4-5-8(2,3)6-9-7/h7,9H,4-6H2,1-3H3/t7-/m1/s1. The lowest BCUT2D eigenvalue weighted by molar-refractivity contribution is 0.230. The summed E-state index contributed by atoms with van der Waals surface area (Å²) in [6, 6.07) is 0.748. The number of hydrogen-bond acceptors (Lipinski definition) is 1. The summed E-state index contributed by atoms with van der Waals surface area (Å²) in [6.45, 7) is 8.10. The number of rotatable bonds is 0. The van der Waals surface area contributed by atoms with Gasteiger partial charge in [0.15, 0.2) is 0 Å². The van der Waals surface area contributed by atoms with Crippen LogP contribution in [0.3, 0.4) is 0 Å². The first-order valence-corrected chi connectivity index (χ1v) is 3.83. The molecule has 1 saturated heterocycles. The van der Waals surface area contributed by atoms with Crippen LogP contribution in [0.15, 0.2) is 0 Å². The monoisotopic (exact) mass is 127 g/mol. The van der Waals surface area contributed by atoms with Crippen LogP contribution in [0.4, 0.5) is 0 Å². The third kappa shape index (κ3) is 1.98. The maximum atomic E-state index is 3.47. The fraction of sp³-hybridized carbons (Fsp3) is 1.00. The summed E-state index contributed by atoms with van der Waals surface area (Å²) in [5, 5.41) is 3.47. The van der Waals surface area contributed by atoms with E-state index in [1.54, 1.807) is 0 Å². The Kier molecular flexibility index (Phi) is 1.80. The van der Waals surface area contributed by atoms with Crippen molar-refractivity contribution in [2.75, 3.05) is 6.54 Å². The molecule has 0 spiro atoms. The second kappa shape index (κ2) is 2.30. The topological polar surface area (TPSA) is 12.0 Å². The quantitative estimate of drug-likeness (QED) is 0.523. The van der Waals surface area contributed by atoms with Gasteiger partial charge >= 0.3 is 0 Å². The molecule has 1 N–H and O–H groups in total. The highest BCUT2D eigenvalue weighted by Gasteiger charge is 2.23. The van der Waals surface area contributed by atoms with Crippen molar-refractivity contribution < 1.29 is 0 Å². The van der Waals surface area contributed by atoms with Gasteiger partial charge in [-0.15, -0.1) is 0 Å². The van der Waals surface area contributed by atoms with Crippen molar-refractivity contribution in [2.45, 2.75) is 39.7 Å². The second-order valence-electron chi connectivity index (χ2n) is 3.98. The Bertz CT molecular complexity index is 86.7. The molecule has 1 nitrogen and oxygen atoms in total. The summed E-state index contributed by atoms with van der Waals surface area (Å²) in [7, 11) is 0. The number of hydrogen-bond donors (Lipinski definition) is 1. The van der Waals surface area contributed by atoms with Crippen LogP contribution in [-0.2, 0) is 0 Å². The fourth-order valence-electron chi connectivity index (χ4n) is 1.25. The number of piperidine rings is 1. The minimum Gasteiger partial charge on any atom is -0.314 e. The van der Waals surface area contributed by atoms with E-state index in [9.17, 15) is 0 Å². The highest BCUT2D eigenvalue weighted by molar-refractivity contribution is 4.80. The molecule has 1 aliphatic heterocycles. The third-order valence-electron chi connectivity index (χ3n) is 2.18. The molecule has 54 valence electrons. The van der Waals surface area contributed by atoms with Crippen molar-refractivity contribution in [3.8, 4) is 0 Å². The molecule has 0 aliphatic carbocycles. The third-order valence-corrected chi connectivity index (χ3v) is 2.18. The first kappa shape index (κ1) is 7.07. The molecular weight excluding hydrogens is 110 g/mol. The summed E-state index contributed by atoms with van der Waals surface area (Å²) >= 11 is 0. The van der Waals surface area contributed by atoms with E-state index in [1.807, 2.05) is 0 Å². The Labute approximate surface area is 57.8 Å². The maximum absolute atomic E-state index is 3.47. The van der Waals surface area contributed by atoms with Gasteiger partial charge in [-0.1, -0.05) is 13.8 Å². The summed E-state index contributed by atoms with van der Waals surface area (Å²) in [4.78, 5) is 0. The molecule has 9 heavy (non-hydrogen) atoms. The molecule has 1 rings (SSSR count). The van der Waals surface area contributed by atoms with Crippen molar-refractivity contribution in [3.63, 3.8) is 0 Å². The minimum absolute atomic E-state index is 0.548. The minimum atomic E-state index is 0.548. The van der Waals surface area contributed by atoms with Gasteiger partial charge in [-0.3, -0.25) is 0 Å². The highest BCUT2D eigenvalue weighted by Crippen LogP contribution is 2.25. The molecule has 0 radical (unpaired) electrons. The van der Waals surface area contributed by atoms with E-state index in [1.165, 1.54) is 19.4 Å². The zero-order chi connectivity index (χ0) is 6.91. The van der Waals surface area contributed by atoms with E-state index in [0.29, 0.717) is 5.41 Å². The van der Waals surface area contributed by atoms with Crippen molar-refractivity contribution >= 4 is 0 Å². The molecule has 0 bridgehead atoms. The molecule has 0 aromatic rings. The van der Waals surface area contributed by atoms with E-state index in [0.717, 1.165) is 6.04 Å². The van der Waals surface area contributed by atoms with Crippen LogP contribution in [0.25, 0.3) is 0 Å². The Balaban J connectivity index is 2.35. The molecule has 1 atom stereocenters. The van der Waals surface area contributed by atoms with Gasteiger partial charge in [0.2, 0.25) is 0 Å². The smallest absolute Gasteiger partial charge is 0.00391 e. The van der Waals surface area contributed by atoms with Crippen molar-refractivity contribution in [1.29, 1.82) is 0 Å². The Morgan fingerprint density at radius 3 is 2.44 bits per heavy atom.